The van der Waals surface area contributed by atoms with E-state index in [1.165, 1.54) is 86.5 Å². The molecule has 1 aliphatic rings. The molecule has 36 heavy (non-hydrogen) atoms. The highest BCUT2D eigenvalue weighted by atomic mass is 15.2. The van der Waals surface area contributed by atoms with E-state index < -0.39 is 0 Å². The van der Waals surface area contributed by atoms with E-state index in [-0.39, 0.29) is 0 Å². The van der Waals surface area contributed by atoms with Gasteiger partial charge in [0.15, 0.2) is 0 Å². The lowest BCUT2D eigenvalue weighted by Crippen LogP contribution is -2.02. The summed E-state index contributed by atoms with van der Waals surface area (Å²) in [7, 11) is 0. The van der Waals surface area contributed by atoms with E-state index in [2.05, 4.69) is 88.4 Å². The molecule has 0 amide bonds. The van der Waals surface area contributed by atoms with Gasteiger partial charge in [-0.05, 0) is 57.9 Å². The first-order valence-electron chi connectivity index (χ1n) is 14.3. The summed E-state index contributed by atoms with van der Waals surface area (Å²) in [5.41, 5.74) is 19.8. The number of benzene rings is 2. The quantitative estimate of drug-likeness (QED) is 0.178. The van der Waals surface area contributed by atoms with Crippen LogP contribution in [0.3, 0.4) is 0 Å². The molecule has 1 aliphatic heterocycles. The van der Waals surface area contributed by atoms with Crippen LogP contribution >= 0.6 is 0 Å². The van der Waals surface area contributed by atoms with Crippen LogP contribution in [0.1, 0.15) is 113 Å². The molecule has 0 unspecified atom stereocenters. The van der Waals surface area contributed by atoms with Crippen LogP contribution in [-0.4, -0.2) is 4.70 Å². The highest BCUT2D eigenvalue weighted by Gasteiger charge is 2.32. The Bertz CT molecular complexity index is 1100. The van der Waals surface area contributed by atoms with Crippen molar-refractivity contribution in [3.05, 3.63) is 99.6 Å². The Labute approximate surface area is 220 Å². The molecular formula is C34H46N2. The number of allylic oxidation sites excluding steroid dienone is 4. The normalized spacial score (nSPS) is 14.1. The molecule has 0 saturated carbocycles. The van der Waals surface area contributed by atoms with E-state index in [1.54, 1.807) is 0 Å². The maximum Gasteiger partial charge on any atom is 0.215 e. The summed E-state index contributed by atoms with van der Waals surface area (Å²) < 4.78 is 1.40. The van der Waals surface area contributed by atoms with Crippen LogP contribution in [0.15, 0.2) is 71.8 Å². The first kappa shape index (κ1) is 27.8. The summed E-state index contributed by atoms with van der Waals surface area (Å²) in [4.78, 5) is 0. The van der Waals surface area contributed by atoms with E-state index in [9.17, 15) is 5.53 Å². The predicted octanol–water partition coefficient (Wildman–Crippen LogP) is 10.8. The van der Waals surface area contributed by atoms with Crippen molar-refractivity contribution < 1.29 is 4.70 Å². The van der Waals surface area contributed by atoms with Crippen molar-refractivity contribution in [2.24, 2.45) is 0 Å². The Morgan fingerprint density at radius 1 is 0.667 bits per heavy atom. The minimum Gasteiger partial charge on any atom is -0.493 e. The Morgan fingerprint density at radius 2 is 1.17 bits per heavy atom. The summed E-state index contributed by atoms with van der Waals surface area (Å²) in [6.45, 7) is 8.61. The third-order valence-corrected chi connectivity index (χ3v) is 7.28. The van der Waals surface area contributed by atoms with Gasteiger partial charge in [0.2, 0.25) is 11.4 Å². The fourth-order valence-corrected chi connectivity index (χ4v) is 5.22. The first-order valence-corrected chi connectivity index (χ1v) is 14.3. The molecule has 2 nitrogen and oxygen atoms in total. The SMILES string of the molecule is CCCCCCCCCCCCCC=CC1=C(c2cccc(C)c2)[N+](=[N-])C(c2cccc(C)c2)=C1C. The highest BCUT2D eigenvalue weighted by molar-refractivity contribution is 5.83. The van der Waals surface area contributed by atoms with Gasteiger partial charge >= 0.3 is 0 Å². The molecule has 0 atom stereocenters. The van der Waals surface area contributed by atoms with Crippen LogP contribution < -0.4 is 0 Å². The van der Waals surface area contributed by atoms with Crippen molar-refractivity contribution in [2.45, 2.75) is 105 Å². The Balaban J connectivity index is 1.60. The molecule has 2 aromatic rings. The summed E-state index contributed by atoms with van der Waals surface area (Å²) in [6, 6.07) is 16.8. The molecule has 3 rings (SSSR count). The van der Waals surface area contributed by atoms with Gasteiger partial charge in [-0.25, -0.2) is 4.70 Å². The van der Waals surface area contributed by atoms with E-state index in [1.807, 2.05) is 0 Å². The van der Waals surface area contributed by atoms with Crippen molar-refractivity contribution in [2.75, 3.05) is 0 Å². The van der Waals surface area contributed by atoms with Crippen LogP contribution in [-0.2, 0) is 0 Å². The Hall–Kier alpha value is -2.74. The first-order chi connectivity index (χ1) is 17.5. The number of nitrogens with zero attached hydrogens (tertiary/aromatic N) is 2. The number of rotatable bonds is 15. The third-order valence-electron chi connectivity index (χ3n) is 7.28. The smallest absolute Gasteiger partial charge is 0.215 e. The number of unbranched alkanes of at least 4 members (excludes halogenated alkanes) is 11. The molecule has 0 fully saturated rings. The molecule has 0 bridgehead atoms. The molecule has 0 spiro atoms. The van der Waals surface area contributed by atoms with Crippen LogP contribution in [0.25, 0.3) is 16.9 Å². The molecule has 0 N–H and O–H groups in total. The van der Waals surface area contributed by atoms with Crippen LogP contribution in [0.2, 0.25) is 0 Å². The van der Waals surface area contributed by atoms with Gasteiger partial charge < -0.3 is 5.53 Å². The molecule has 0 radical (unpaired) electrons. The minimum atomic E-state index is 0.878. The largest absolute Gasteiger partial charge is 0.493 e. The Morgan fingerprint density at radius 3 is 1.69 bits per heavy atom. The van der Waals surface area contributed by atoms with Crippen molar-refractivity contribution in [3.8, 4) is 0 Å². The fraction of sp³-hybridized carbons (Fsp3) is 0.471. The van der Waals surface area contributed by atoms with Crippen molar-refractivity contribution >= 4 is 11.4 Å². The summed E-state index contributed by atoms with van der Waals surface area (Å²) in [6.07, 6.45) is 20.7. The van der Waals surface area contributed by atoms with Gasteiger partial charge in [0, 0.05) is 16.7 Å². The van der Waals surface area contributed by atoms with Crippen molar-refractivity contribution in [1.82, 2.24) is 0 Å². The van der Waals surface area contributed by atoms with E-state index >= 15 is 0 Å². The monoisotopic (exact) mass is 482 g/mol. The summed E-state index contributed by atoms with van der Waals surface area (Å²) >= 11 is 0. The molecule has 1 heterocycles. The average molecular weight is 483 g/mol. The van der Waals surface area contributed by atoms with Crippen molar-refractivity contribution in [3.63, 3.8) is 0 Å². The standard InChI is InChI=1S/C34H46N2/c1-5-6-7-8-9-10-11-12-13-14-15-16-17-24-32-29(4)33(30-22-18-20-27(2)25-30)36(35)34(32)31-23-19-21-28(3)26-31/h17-26H,5-16H2,1-4H3. The van der Waals surface area contributed by atoms with E-state index in [4.69, 9.17) is 0 Å². The van der Waals surface area contributed by atoms with Gasteiger partial charge in [0.1, 0.15) is 0 Å². The molecule has 2 aromatic carbocycles. The van der Waals surface area contributed by atoms with E-state index in [0.717, 1.165) is 40.1 Å². The zero-order valence-corrected chi connectivity index (χ0v) is 23.2. The molecular weight excluding hydrogens is 436 g/mol. The number of hydrogen-bond donors (Lipinski definition) is 0. The summed E-state index contributed by atoms with van der Waals surface area (Å²) in [5.74, 6) is 0. The molecule has 2 heteroatoms. The second-order valence-electron chi connectivity index (χ2n) is 10.5. The van der Waals surface area contributed by atoms with Crippen molar-refractivity contribution in [1.29, 1.82) is 0 Å². The maximum absolute atomic E-state index is 11.4. The highest BCUT2D eigenvalue weighted by Crippen LogP contribution is 2.41. The lowest BCUT2D eigenvalue weighted by Gasteiger charge is -2.10. The Kier molecular flexibility index (Phi) is 11.4. The summed E-state index contributed by atoms with van der Waals surface area (Å²) in [5, 5.41) is 0. The third kappa shape index (κ3) is 7.88. The molecule has 0 aliphatic carbocycles. The number of aryl methyl sites for hydroxylation is 2. The predicted molar refractivity (Wildman–Crippen MR) is 156 cm³/mol. The van der Waals surface area contributed by atoms with Crippen LogP contribution in [0.5, 0.6) is 0 Å². The lowest BCUT2D eigenvalue weighted by molar-refractivity contribution is -0.345. The van der Waals surface area contributed by atoms with E-state index in [0.29, 0.717) is 0 Å². The molecule has 192 valence electrons. The zero-order chi connectivity index (χ0) is 25.8. The van der Waals surface area contributed by atoms with Gasteiger partial charge in [-0.1, -0.05) is 119 Å². The zero-order valence-electron chi connectivity index (χ0n) is 23.2. The maximum atomic E-state index is 11.4. The fourth-order valence-electron chi connectivity index (χ4n) is 5.22. The van der Waals surface area contributed by atoms with Gasteiger partial charge in [0.25, 0.3) is 0 Å². The minimum absolute atomic E-state index is 0.878. The molecule has 0 saturated heterocycles. The number of hydrogen-bond acceptors (Lipinski definition) is 0. The molecule has 0 aromatic heterocycles. The van der Waals surface area contributed by atoms with Crippen LogP contribution in [0, 0.1) is 13.8 Å². The second-order valence-corrected chi connectivity index (χ2v) is 10.5. The van der Waals surface area contributed by atoms with Gasteiger partial charge in [0.05, 0.1) is 5.57 Å². The topological polar surface area (TPSA) is 25.3 Å². The van der Waals surface area contributed by atoms with Gasteiger partial charge in [-0.15, -0.1) is 0 Å². The van der Waals surface area contributed by atoms with Gasteiger partial charge in [-0.3, -0.25) is 0 Å². The van der Waals surface area contributed by atoms with Crippen LogP contribution in [0.4, 0.5) is 0 Å². The average Bonchev–Trinajstić information content (AvgIpc) is 3.11. The van der Waals surface area contributed by atoms with Gasteiger partial charge in [-0.2, -0.15) is 0 Å². The second kappa shape index (κ2) is 14.7. The lowest BCUT2D eigenvalue weighted by atomic mass is 9.99.